The Bertz CT molecular complexity index is 505. The highest BCUT2D eigenvalue weighted by Crippen LogP contribution is 2.28. The Balaban J connectivity index is 1.86. The SMILES string of the molecule is Brc1ccn2nc(CC3CCCS3)nc2c1. The third-order valence-electron chi connectivity index (χ3n) is 2.78. The van der Waals surface area contributed by atoms with E-state index in [0.29, 0.717) is 0 Å². The number of nitrogens with zero attached hydrogens (tertiary/aromatic N) is 3. The molecule has 1 unspecified atom stereocenters. The molecule has 84 valence electrons. The van der Waals surface area contributed by atoms with Crippen LogP contribution in [0, 0.1) is 0 Å². The Morgan fingerprint density at radius 2 is 2.50 bits per heavy atom. The lowest BCUT2D eigenvalue weighted by Gasteiger charge is -2.02. The number of rotatable bonds is 2. The van der Waals surface area contributed by atoms with Crippen molar-refractivity contribution >= 4 is 33.3 Å². The largest absolute Gasteiger partial charge is 0.221 e. The first-order valence-corrected chi connectivity index (χ1v) is 7.28. The van der Waals surface area contributed by atoms with Crippen molar-refractivity contribution < 1.29 is 0 Å². The molecule has 0 N–H and O–H groups in total. The third-order valence-corrected chi connectivity index (χ3v) is 4.67. The fraction of sp³-hybridized carbons (Fsp3) is 0.455. The molecule has 0 bridgehead atoms. The lowest BCUT2D eigenvalue weighted by atomic mass is 10.2. The van der Waals surface area contributed by atoms with E-state index in [1.165, 1.54) is 18.6 Å². The van der Waals surface area contributed by atoms with Crippen LogP contribution in [0.2, 0.25) is 0 Å². The molecule has 0 amide bonds. The summed E-state index contributed by atoms with van der Waals surface area (Å²) in [5, 5.41) is 5.21. The first-order valence-electron chi connectivity index (χ1n) is 5.44. The summed E-state index contributed by atoms with van der Waals surface area (Å²) in [6.45, 7) is 0. The van der Waals surface area contributed by atoms with Gasteiger partial charge in [0.05, 0.1) is 0 Å². The van der Waals surface area contributed by atoms with Gasteiger partial charge in [0.2, 0.25) is 0 Å². The first kappa shape index (κ1) is 10.6. The van der Waals surface area contributed by atoms with E-state index in [9.17, 15) is 0 Å². The van der Waals surface area contributed by atoms with E-state index in [4.69, 9.17) is 0 Å². The van der Waals surface area contributed by atoms with Crippen LogP contribution in [0.4, 0.5) is 0 Å². The molecule has 3 heterocycles. The van der Waals surface area contributed by atoms with Gasteiger partial charge in [0.25, 0.3) is 0 Å². The van der Waals surface area contributed by atoms with Gasteiger partial charge in [-0.2, -0.15) is 16.9 Å². The van der Waals surface area contributed by atoms with Crippen molar-refractivity contribution in [2.45, 2.75) is 24.5 Å². The normalized spacial score (nSPS) is 20.7. The molecule has 3 rings (SSSR count). The quantitative estimate of drug-likeness (QED) is 0.854. The van der Waals surface area contributed by atoms with Gasteiger partial charge in [0.15, 0.2) is 11.5 Å². The minimum atomic E-state index is 0.723. The molecule has 0 saturated carbocycles. The van der Waals surface area contributed by atoms with E-state index in [1.807, 2.05) is 22.8 Å². The van der Waals surface area contributed by atoms with Gasteiger partial charge in [-0.3, -0.25) is 0 Å². The molecule has 0 radical (unpaired) electrons. The second-order valence-electron chi connectivity index (χ2n) is 4.01. The van der Waals surface area contributed by atoms with Crippen molar-refractivity contribution in [3.63, 3.8) is 0 Å². The molecule has 1 fully saturated rings. The predicted molar refractivity (Wildman–Crippen MR) is 69.9 cm³/mol. The van der Waals surface area contributed by atoms with Crippen LogP contribution in [0.3, 0.4) is 0 Å². The zero-order chi connectivity index (χ0) is 11.0. The average molecular weight is 298 g/mol. The molecule has 16 heavy (non-hydrogen) atoms. The Labute approximate surface area is 107 Å². The summed E-state index contributed by atoms with van der Waals surface area (Å²) in [4.78, 5) is 4.55. The number of thioether (sulfide) groups is 1. The number of fused-ring (bicyclic) bond motifs is 1. The van der Waals surface area contributed by atoms with Crippen molar-refractivity contribution in [1.82, 2.24) is 14.6 Å². The first-order chi connectivity index (χ1) is 7.81. The topological polar surface area (TPSA) is 30.2 Å². The predicted octanol–water partition coefficient (Wildman–Crippen LogP) is 2.93. The third kappa shape index (κ3) is 2.11. The summed E-state index contributed by atoms with van der Waals surface area (Å²) in [6, 6.07) is 3.98. The summed E-state index contributed by atoms with van der Waals surface area (Å²) in [6.07, 6.45) is 5.60. The smallest absolute Gasteiger partial charge is 0.156 e. The number of hydrogen-bond donors (Lipinski definition) is 0. The van der Waals surface area contributed by atoms with Gasteiger partial charge in [0, 0.05) is 22.3 Å². The molecule has 1 aliphatic rings. The summed E-state index contributed by atoms with van der Waals surface area (Å²) in [5.41, 5.74) is 0.923. The lowest BCUT2D eigenvalue weighted by Crippen LogP contribution is -2.03. The fourth-order valence-electron chi connectivity index (χ4n) is 2.00. The molecule has 0 aromatic carbocycles. The zero-order valence-electron chi connectivity index (χ0n) is 8.77. The van der Waals surface area contributed by atoms with Gasteiger partial charge >= 0.3 is 0 Å². The van der Waals surface area contributed by atoms with E-state index in [2.05, 4.69) is 37.8 Å². The molecule has 1 aliphatic heterocycles. The summed E-state index contributed by atoms with van der Waals surface area (Å²) >= 11 is 5.50. The fourth-order valence-corrected chi connectivity index (χ4v) is 3.59. The minimum Gasteiger partial charge on any atom is -0.221 e. The second-order valence-corrected chi connectivity index (χ2v) is 6.34. The zero-order valence-corrected chi connectivity index (χ0v) is 11.2. The van der Waals surface area contributed by atoms with Crippen LogP contribution in [0.1, 0.15) is 18.7 Å². The summed E-state index contributed by atoms with van der Waals surface area (Å²) in [5.74, 6) is 2.27. The highest BCUT2D eigenvalue weighted by molar-refractivity contribution is 9.10. The van der Waals surface area contributed by atoms with Gasteiger partial charge < -0.3 is 0 Å². The molecule has 0 aliphatic carbocycles. The van der Waals surface area contributed by atoms with Crippen LogP contribution in [0.5, 0.6) is 0 Å². The molecule has 5 heteroatoms. The average Bonchev–Trinajstić information content (AvgIpc) is 2.86. The number of hydrogen-bond acceptors (Lipinski definition) is 3. The van der Waals surface area contributed by atoms with Crippen LogP contribution in [0.15, 0.2) is 22.8 Å². The minimum absolute atomic E-state index is 0.723. The molecule has 1 atom stereocenters. The van der Waals surface area contributed by atoms with Crippen LogP contribution in [-0.4, -0.2) is 25.6 Å². The van der Waals surface area contributed by atoms with Crippen molar-refractivity contribution in [1.29, 1.82) is 0 Å². The highest BCUT2D eigenvalue weighted by atomic mass is 79.9. The molecular weight excluding hydrogens is 286 g/mol. The maximum atomic E-state index is 4.55. The maximum absolute atomic E-state index is 4.55. The van der Waals surface area contributed by atoms with Gasteiger partial charge in [0.1, 0.15) is 0 Å². The van der Waals surface area contributed by atoms with Crippen molar-refractivity contribution in [3.8, 4) is 0 Å². The molecular formula is C11H12BrN3S. The Morgan fingerprint density at radius 3 is 3.31 bits per heavy atom. The van der Waals surface area contributed by atoms with Gasteiger partial charge in [-0.1, -0.05) is 15.9 Å². The monoisotopic (exact) mass is 297 g/mol. The molecule has 0 spiro atoms. The van der Waals surface area contributed by atoms with E-state index in [-0.39, 0.29) is 0 Å². The van der Waals surface area contributed by atoms with Gasteiger partial charge in [-0.05, 0) is 30.7 Å². The number of halogens is 1. The van der Waals surface area contributed by atoms with Gasteiger partial charge in [-0.15, -0.1) is 0 Å². The van der Waals surface area contributed by atoms with E-state index in [1.54, 1.807) is 0 Å². The number of pyridine rings is 1. The standard InChI is InChI=1S/C11H12BrN3S/c12-8-3-4-15-11(6-8)13-10(14-15)7-9-2-1-5-16-9/h3-4,6,9H,1-2,5,7H2. The van der Waals surface area contributed by atoms with E-state index in [0.717, 1.165) is 27.6 Å². The van der Waals surface area contributed by atoms with Crippen LogP contribution in [-0.2, 0) is 6.42 Å². The summed E-state index contributed by atoms with van der Waals surface area (Å²) < 4.78 is 2.90. The second kappa shape index (κ2) is 4.37. The Morgan fingerprint density at radius 1 is 1.56 bits per heavy atom. The van der Waals surface area contributed by atoms with Crippen molar-refractivity contribution in [3.05, 3.63) is 28.6 Å². The Hall–Kier alpha value is -0.550. The molecule has 2 aromatic rings. The molecule has 1 saturated heterocycles. The Kier molecular flexibility index (Phi) is 2.90. The van der Waals surface area contributed by atoms with Crippen LogP contribution < -0.4 is 0 Å². The molecule has 2 aromatic heterocycles. The maximum Gasteiger partial charge on any atom is 0.156 e. The number of aromatic nitrogens is 3. The summed E-state index contributed by atoms with van der Waals surface area (Å²) in [7, 11) is 0. The van der Waals surface area contributed by atoms with Gasteiger partial charge in [-0.25, -0.2) is 9.50 Å². The van der Waals surface area contributed by atoms with Crippen LogP contribution in [0.25, 0.3) is 5.65 Å². The highest BCUT2D eigenvalue weighted by Gasteiger charge is 2.18. The van der Waals surface area contributed by atoms with Crippen molar-refractivity contribution in [2.75, 3.05) is 5.75 Å². The lowest BCUT2D eigenvalue weighted by molar-refractivity contribution is 0.742. The molecule has 3 nitrogen and oxygen atoms in total. The van der Waals surface area contributed by atoms with Crippen molar-refractivity contribution in [2.24, 2.45) is 0 Å². The van der Waals surface area contributed by atoms with Crippen LogP contribution >= 0.6 is 27.7 Å². The van der Waals surface area contributed by atoms with E-state index >= 15 is 0 Å². The van der Waals surface area contributed by atoms with E-state index < -0.39 is 0 Å².